The number of rotatable bonds is 2. The maximum absolute atomic E-state index is 12.9. The molecule has 28 heavy (non-hydrogen) atoms. The molecule has 4 fully saturated rings. The second-order valence-corrected chi connectivity index (χ2v) is 9.81. The first-order valence-corrected chi connectivity index (χ1v) is 10.7. The van der Waals surface area contributed by atoms with E-state index in [1.807, 2.05) is 0 Å². The van der Waals surface area contributed by atoms with Gasteiger partial charge in [-0.3, -0.25) is 4.79 Å². The van der Waals surface area contributed by atoms with E-state index >= 15 is 0 Å². The van der Waals surface area contributed by atoms with Crippen molar-refractivity contribution < 1.29 is 14.3 Å². The van der Waals surface area contributed by atoms with Crippen molar-refractivity contribution in [2.75, 3.05) is 19.7 Å². The highest BCUT2D eigenvalue weighted by Crippen LogP contribution is 2.57. The topological polar surface area (TPSA) is 58.6 Å². The fourth-order valence-electron chi connectivity index (χ4n) is 6.06. The number of benzene rings is 1. The molecule has 1 aromatic rings. The average molecular weight is 383 g/mol. The van der Waals surface area contributed by atoms with Gasteiger partial charge in [0.05, 0.1) is 5.54 Å². The quantitative estimate of drug-likeness (QED) is 0.849. The summed E-state index contributed by atoms with van der Waals surface area (Å²) in [6.45, 7) is 6.65. The highest BCUT2D eigenvalue weighted by molar-refractivity contribution is 5.81. The van der Waals surface area contributed by atoms with Gasteiger partial charge < -0.3 is 15.0 Å². The maximum atomic E-state index is 12.9. The second-order valence-electron chi connectivity index (χ2n) is 9.81. The Kier molecular flexibility index (Phi) is 4.01. The summed E-state index contributed by atoms with van der Waals surface area (Å²) in [7, 11) is 0. The van der Waals surface area contributed by atoms with Gasteiger partial charge in [-0.1, -0.05) is 18.2 Å². The molecule has 1 N–H and O–H groups in total. The zero-order valence-corrected chi connectivity index (χ0v) is 16.9. The van der Waals surface area contributed by atoms with E-state index in [0.29, 0.717) is 17.9 Å². The van der Waals surface area contributed by atoms with Gasteiger partial charge in [0.1, 0.15) is 6.61 Å². The third-order valence-electron chi connectivity index (χ3n) is 8.05. The Labute approximate surface area is 166 Å². The van der Waals surface area contributed by atoms with Gasteiger partial charge >= 0.3 is 6.09 Å². The highest BCUT2D eigenvalue weighted by atomic mass is 16.6. The number of hydrogen-bond acceptors (Lipinski definition) is 3. The van der Waals surface area contributed by atoms with Crippen molar-refractivity contribution in [2.45, 2.75) is 63.8 Å². The molecule has 0 radical (unpaired) electrons. The third kappa shape index (κ3) is 2.82. The number of likely N-dealkylation sites (tertiary alicyclic amines) is 1. The molecule has 2 aliphatic carbocycles. The van der Waals surface area contributed by atoms with Gasteiger partial charge in [0, 0.05) is 19.0 Å². The third-order valence-corrected chi connectivity index (χ3v) is 8.05. The van der Waals surface area contributed by atoms with Crippen molar-refractivity contribution in [3.05, 3.63) is 34.9 Å². The summed E-state index contributed by atoms with van der Waals surface area (Å²) in [5.41, 5.74) is 4.56. The van der Waals surface area contributed by atoms with Crippen LogP contribution in [-0.4, -0.2) is 42.1 Å². The van der Waals surface area contributed by atoms with E-state index in [1.54, 1.807) is 0 Å². The summed E-state index contributed by atoms with van der Waals surface area (Å²) in [5.74, 6) is 1.03. The van der Waals surface area contributed by atoms with E-state index in [9.17, 15) is 9.59 Å². The van der Waals surface area contributed by atoms with Gasteiger partial charge in [-0.2, -0.15) is 0 Å². The molecule has 4 aliphatic rings. The van der Waals surface area contributed by atoms with E-state index in [0.717, 1.165) is 38.8 Å². The van der Waals surface area contributed by atoms with Crippen LogP contribution in [0.3, 0.4) is 0 Å². The van der Waals surface area contributed by atoms with Gasteiger partial charge in [-0.15, -0.1) is 0 Å². The number of ether oxygens (including phenoxy) is 1. The molecule has 0 bridgehead atoms. The number of cyclic esters (lactones) is 1. The van der Waals surface area contributed by atoms with Crippen molar-refractivity contribution in [2.24, 2.45) is 11.3 Å². The van der Waals surface area contributed by atoms with Crippen molar-refractivity contribution in [1.29, 1.82) is 0 Å². The first-order valence-electron chi connectivity index (χ1n) is 10.7. The number of alkyl carbamates (subject to hydrolysis) is 1. The Bertz CT molecular complexity index is 811. The first-order chi connectivity index (χ1) is 13.4. The molecule has 2 saturated carbocycles. The van der Waals surface area contributed by atoms with Crippen LogP contribution in [0.4, 0.5) is 4.79 Å². The molecule has 2 aliphatic heterocycles. The van der Waals surface area contributed by atoms with Gasteiger partial charge in [0.25, 0.3) is 0 Å². The van der Waals surface area contributed by atoms with Crippen LogP contribution < -0.4 is 5.32 Å². The number of carbonyl (C=O) groups is 2. The summed E-state index contributed by atoms with van der Waals surface area (Å²) in [6, 6.07) is 6.69. The van der Waals surface area contributed by atoms with Crippen LogP contribution in [-0.2, 0) is 9.53 Å². The lowest BCUT2D eigenvalue weighted by atomic mass is 9.55. The van der Waals surface area contributed by atoms with Gasteiger partial charge in [-0.25, -0.2) is 4.79 Å². The van der Waals surface area contributed by atoms with Crippen LogP contribution in [0.15, 0.2) is 18.2 Å². The Hall–Kier alpha value is -2.04. The fourth-order valence-corrected chi connectivity index (χ4v) is 6.06. The molecule has 5 heteroatoms. The lowest BCUT2D eigenvalue weighted by Crippen LogP contribution is -2.59. The number of nitrogens with zero attached hydrogens (tertiary/aromatic N) is 1. The number of amides is 2. The van der Waals surface area contributed by atoms with Crippen LogP contribution in [0.5, 0.6) is 0 Å². The van der Waals surface area contributed by atoms with E-state index in [-0.39, 0.29) is 23.5 Å². The Morgan fingerprint density at radius 2 is 1.86 bits per heavy atom. The first kappa shape index (κ1) is 18.0. The summed E-state index contributed by atoms with van der Waals surface area (Å²) in [6.07, 6.45) is 5.94. The molecule has 150 valence electrons. The molecule has 2 heterocycles. The minimum Gasteiger partial charge on any atom is -0.447 e. The molecule has 0 aromatic heterocycles. The molecule has 0 atom stereocenters. The normalized spacial score (nSPS) is 27.9. The monoisotopic (exact) mass is 382 g/mol. The Morgan fingerprint density at radius 1 is 1.14 bits per heavy atom. The van der Waals surface area contributed by atoms with Crippen molar-refractivity contribution in [1.82, 2.24) is 10.2 Å². The minimum atomic E-state index is -0.339. The van der Waals surface area contributed by atoms with Gasteiger partial charge in [0.15, 0.2) is 0 Å². The smallest absolute Gasteiger partial charge is 0.407 e. The molecular formula is C23H30N2O3. The van der Waals surface area contributed by atoms with Gasteiger partial charge in [-0.05, 0) is 80.4 Å². The number of carbonyl (C=O) groups excluding carboxylic acids is 2. The lowest BCUT2D eigenvalue weighted by molar-refractivity contribution is -0.144. The predicted molar refractivity (Wildman–Crippen MR) is 106 cm³/mol. The molecule has 0 unspecified atom stereocenters. The van der Waals surface area contributed by atoms with E-state index in [4.69, 9.17) is 4.74 Å². The highest BCUT2D eigenvalue weighted by Gasteiger charge is 2.54. The fraction of sp³-hybridized carbons (Fsp3) is 0.652. The summed E-state index contributed by atoms with van der Waals surface area (Å²) in [4.78, 5) is 26.2. The zero-order chi connectivity index (χ0) is 19.5. The average Bonchev–Trinajstić information content (AvgIpc) is 3.03. The number of nitrogens with one attached hydrogen (secondary N) is 1. The molecular weight excluding hydrogens is 352 g/mol. The van der Waals surface area contributed by atoms with E-state index in [1.165, 1.54) is 29.5 Å². The number of aryl methyl sites for hydroxylation is 1. The second kappa shape index (κ2) is 6.23. The Morgan fingerprint density at radius 3 is 2.50 bits per heavy atom. The summed E-state index contributed by atoms with van der Waals surface area (Å²) >= 11 is 0. The molecule has 2 amide bonds. The van der Waals surface area contributed by atoms with E-state index < -0.39 is 0 Å². The molecule has 5 nitrogen and oxygen atoms in total. The van der Waals surface area contributed by atoms with Crippen molar-refractivity contribution >= 4 is 12.0 Å². The zero-order valence-electron chi connectivity index (χ0n) is 16.9. The van der Waals surface area contributed by atoms with Crippen molar-refractivity contribution in [3.8, 4) is 0 Å². The molecule has 2 saturated heterocycles. The van der Waals surface area contributed by atoms with E-state index in [2.05, 4.69) is 42.3 Å². The predicted octanol–water partition coefficient (Wildman–Crippen LogP) is 3.68. The SMILES string of the molecule is Cc1cccc(C2CC3(CCN(C(=O)[C@H]4C[C@]5(COC(=O)N5)C4)CC3)C2)c1C. The number of piperidine rings is 1. The van der Waals surface area contributed by atoms with Crippen molar-refractivity contribution in [3.63, 3.8) is 0 Å². The van der Waals surface area contributed by atoms with Crippen LogP contribution in [0, 0.1) is 25.2 Å². The maximum Gasteiger partial charge on any atom is 0.407 e. The largest absolute Gasteiger partial charge is 0.447 e. The summed E-state index contributed by atoms with van der Waals surface area (Å²) in [5, 5.41) is 2.88. The lowest BCUT2D eigenvalue weighted by Gasteiger charge is -2.54. The van der Waals surface area contributed by atoms with Crippen LogP contribution >= 0.6 is 0 Å². The number of hydrogen-bond donors (Lipinski definition) is 1. The molecule has 1 aromatic carbocycles. The van der Waals surface area contributed by atoms with Crippen LogP contribution in [0.1, 0.15) is 61.1 Å². The minimum absolute atomic E-state index is 0.0557. The van der Waals surface area contributed by atoms with Crippen LogP contribution in [0.2, 0.25) is 0 Å². The standard InChI is InChI=1S/C23H30N2O3/c1-15-4-3-5-19(16(15)2)17-10-22(11-17)6-8-25(9-7-22)20(26)18-12-23(13-18)14-28-21(27)24-23/h3-5,17-18H,6-14H2,1-2H3,(H,24,27)/t18-,23+. The molecule has 5 rings (SSSR count). The Balaban J connectivity index is 1.13. The molecule has 2 spiro atoms. The van der Waals surface area contributed by atoms with Gasteiger partial charge in [0.2, 0.25) is 5.91 Å². The van der Waals surface area contributed by atoms with Crippen LogP contribution in [0.25, 0.3) is 0 Å². The summed E-state index contributed by atoms with van der Waals surface area (Å²) < 4.78 is 5.02.